The van der Waals surface area contributed by atoms with E-state index in [0.717, 1.165) is 12.0 Å². The van der Waals surface area contributed by atoms with Crippen molar-refractivity contribution in [2.75, 3.05) is 6.26 Å². The van der Waals surface area contributed by atoms with Crippen LogP contribution in [0.5, 0.6) is 0 Å². The molecule has 0 unspecified atom stereocenters. The van der Waals surface area contributed by atoms with Gasteiger partial charge in [0.2, 0.25) is 0 Å². The lowest BCUT2D eigenvalue weighted by atomic mass is 9.95. The molecule has 0 aliphatic carbocycles. The lowest BCUT2D eigenvalue weighted by molar-refractivity contribution is -0.152. The van der Waals surface area contributed by atoms with Crippen molar-refractivity contribution in [3.8, 4) is 0 Å². The summed E-state index contributed by atoms with van der Waals surface area (Å²) in [6.45, 7) is 7.52. The third-order valence-corrected chi connectivity index (χ3v) is 2.75. The van der Waals surface area contributed by atoms with Gasteiger partial charge in [0, 0.05) is 6.42 Å². The van der Waals surface area contributed by atoms with Crippen LogP contribution in [-0.2, 0) is 9.53 Å². The molecule has 0 N–H and O–H groups in total. The van der Waals surface area contributed by atoms with E-state index >= 15 is 0 Å². The van der Waals surface area contributed by atoms with Gasteiger partial charge in [0.05, 0.1) is 4.91 Å². The van der Waals surface area contributed by atoms with Crippen LogP contribution in [-0.4, -0.2) is 17.8 Å². The summed E-state index contributed by atoms with van der Waals surface area (Å²) in [4.78, 5) is 12.2. The molecule has 1 aliphatic heterocycles. The Kier molecular flexibility index (Phi) is 2.86. The first-order chi connectivity index (χ1) is 6.00. The van der Waals surface area contributed by atoms with Gasteiger partial charge in [0.25, 0.3) is 0 Å². The van der Waals surface area contributed by atoms with Crippen molar-refractivity contribution in [1.29, 1.82) is 0 Å². The number of allylic oxidation sites excluding steroid dienone is 1. The van der Waals surface area contributed by atoms with Crippen molar-refractivity contribution in [3.63, 3.8) is 0 Å². The summed E-state index contributed by atoms with van der Waals surface area (Å²) in [6.07, 6.45) is 4.37. The van der Waals surface area contributed by atoms with Crippen LogP contribution < -0.4 is 0 Å². The number of carbonyl (C=O) groups is 1. The monoisotopic (exact) mass is 198 g/mol. The molecule has 2 nitrogen and oxygen atoms in total. The summed E-state index contributed by atoms with van der Waals surface area (Å²) in [7, 11) is 0. The molecule has 0 atom stereocenters. The molecule has 0 amide bonds. The predicted molar refractivity (Wildman–Crippen MR) is 55.5 cm³/mol. The molecular formula is C10H14O2S. The van der Waals surface area contributed by atoms with Crippen LogP contribution in [0.2, 0.25) is 0 Å². The lowest BCUT2D eigenvalue weighted by Crippen LogP contribution is -2.33. The summed E-state index contributed by atoms with van der Waals surface area (Å²) >= 11 is 1.42. The van der Waals surface area contributed by atoms with E-state index in [4.69, 9.17) is 4.74 Å². The number of rotatable bonds is 2. The highest BCUT2D eigenvalue weighted by atomic mass is 32.2. The number of hydrogen-bond acceptors (Lipinski definition) is 3. The van der Waals surface area contributed by atoms with Gasteiger partial charge in [-0.25, -0.2) is 4.79 Å². The minimum atomic E-state index is -0.389. The number of cyclic esters (lactones) is 1. The second-order valence-electron chi connectivity index (χ2n) is 3.59. The Bertz CT molecular complexity index is 277. The van der Waals surface area contributed by atoms with Gasteiger partial charge in [-0.1, -0.05) is 12.7 Å². The zero-order valence-corrected chi connectivity index (χ0v) is 9.03. The summed E-state index contributed by atoms with van der Waals surface area (Å²) in [6, 6.07) is 0. The maximum Gasteiger partial charge on any atom is 0.345 e. The number of ether oxygens (including phenoxy) is 1. The third kappa shape index (κ3) is 2.15. The average Bonchev–Trinajstić information content (AvgIpc) is 2.01. The molecule has 1 heterocycles. The standard InChI is InChI=1S/C10H14O2S/c1-5-7-6-10(2,3)12-9(11)8(7)13-4/h5H,1,6H2,2-4H3. The Balaban J connectivity index is 3.06. The smallest absolute Gasteiger partial charge is 0.345 e. The van der Waals surface area contributed by atoms with E-state index in [-0.39, 0.29) is 11.6 Å². The number of thioether (sulfide) groups is 1. The number of esters is 1. The Labute approximate surface area is 83.0 Å². The topological polar surface area (TPSA) is 26.3 Å². The van der Waals surface area contributed by atoms with E-state index in [9.17, 15) is 4.79 Å². The van der Waals surface area contributed by atoms with E-state index in [0.29, 0.717) is 4.91 Å². The Hall–Kier alpha value is -0.700. The fourth-order valence-corrected chi connectivity index (χ4v) is 2.01. The molecule has 72 valence electrons. The quantitative estimate of drug-likeness (QED) is 0.638. The van der Waals surface area contributed by atoms with Crippen LogP contribution in [0.15, 0.2) is 23.1 Å². The van der Waals surface area contributed by atoms with E-state index in [1.807, 2.05) is 20.1 Å². The molecule has 3 heteroatoms. The first kappa shape index (κ1) is 10.4. The van der Waals surface area contributed by atoms with Crippen LogP contribution in [0.3, 0.4) is 0 Å². The lowest BCUT2D eigenvalue weighted by Gasteiger charge is -2.31. The first-order valence-corrected chi connectivity index (χ1v) is 5.35. The molecule has 0 fully saturated rings. The van der Waals surface area contributed by atoms with Gasteiger partial charge in [-0.05, 0) is 25.7 Å². The molecule has 1 aliphatic rings. The van der Waals surface area contributed by atoms with E-state index in [2.05, 4.69) is 6.58 Å². The minimum Gasteiger partial charge on any atom is -0.455 e. The van der Waals surface area contributed by atoms with E-state index in [1.165, 1.54) is 11.8 Å². The largest absolute Gasteiger partial charge is 0.455 e. The summed E-state index contributed by atoms with van der Waals surface area (Å²) in [5.41, 5.74) is 0.605. The molecule has 0 aromatic carbocycles. The highest BCUT2D eigenvalue weighted by Gasteiger charge is 2.32. The molecule has 0 aromatic rings. The van der Waals surface area contributed by atoms with Gasteiger partial charge in [-0.2, -0.15) is 0 Å². The van der Waals surface area contributed by atoms with Crippen molar-refractivity contribution in [1.82, 2.24) is 0 Å². The first-order valence-electron chi connectivity index (χ1n) is 4.13. The molecule has 0 aromatic heterocycles. The highest BCUT2D eigenvalue weighted by Crippen LogP contribution is 2.34. The average molecular weight is 198 g/mol. The second-order valence-corrected chi connectivity index (χ2v) is 4.41. The predicted octanol–water partition coefficient (Wildman–Crippen LogP) is 2.52. The maximum atomic E-state index is 11.5. The number of carbonyl (C=O) groups excluding carboxylic acids is 1. The Morgan fingerprint density at radius 3 is 2.69 bits per heavy atom. The molecular weight excluding hydrogens is 184 g/mol. The van der Waals surface area contributed by atoms with Crippen molar-refractivity contribution in [3.05, 3.63) is 23.1 Å². The molecule has 13 heavy (non-hydrogen) atoms. The zero-order chi connectivity index (χ0) is 10.1. The van der Waals surface area contributed by atoms with Gasteiger partial charge in [0.15, 0.2) is 0 Å². The molecule has 0 bridgehead atoms. The molecule has 0 spiro atoms. The SMILES string of the molecule is C=CC1=C(SC)C(=O)OC(C)(C)C1. The van der Waals surface area contributed by atoms with Gasteiger partial charge in [-0.3, -0.25) is 0 Å². The van der Waals surface area contributed by atoms with Gasteiger partial charge in [0.1, 0.15) is 5.60 Å². The van der Waals surface area contributed by atoms with Crippen LogP contribution in [0.4, 0.5) is 0 Å². The third-order valence-electron chi connectivity index (χ3n) is 1.91. The summed E-state index contributed by atoms with van der Waals surface area (Å²) in [5.74, 6) is -0.223. The Morgan fingerprint density at radius 1 is 1.62 bits per heavy atom. The van der Waals surface area contributed by atoms with Crippen LogP contribution >= 0.6 is 11.8 Å². The fraction of sp³-hybridized carbons (Fsp3) is 0.500. The molecule has 0 saturated carbocycles. The maximum absolute atomic E-state index is 11.5. The number of hydrogen-bond donors (Lipinski definition) is 0. The van der Waals surface area contributed by atoms with Gasteiger partial charge >= 0.3 is 5.97 Å². The van der Waals surface area contributed by atoms with Gasteiger partial charge < -0.3 is 4.74 Å². The highest BCUT2D eigenvalue weighted by molar-refractivity contribution is 8.03. The Morgan fingerprint density at radius 2 is 2.23 bits per heavy atom. The summed E-state index contributed by atoms with van der Waals surface area (Å²) in [5, 5.41) is 0. The fourth-order valence-electron chi connectivity index (χ4n) is 1.38. The van der Waals surface area contributed by atoms with E-state index < -0.39 is 0 Å². The van der Waals surface area contributed by atoms with Crippen molar-refractivity contribution in [2.24, 2.45) is 0 Å². The van der Waals surface area contributed by atoms with Crippen LogP contribution in [0, 0.1) is 0 Å². The second kappa shape index (κ2) is 3.58. The van der Waals surface area contributed by atoms with Crippen molar-refractivity contribution < 1.29 is 9.53 Å². The zero-order valence-electron chi connectivity index (χ0n) is 8.22. The minimum absolute atomic E-state index is 0.223. The normalized spacial score (nSPS) is 21.3. The summed E-state index contributed by atoms with van der Waals surface area (Å²) < 4.78 is 5.24. The van der Waals surface area contributed by atoms with Crippen LogP contribution in [0.1, 0.15) is 20.3 Å². The van der Waals surface area contributed by atoms with Gasteiger partial charge in [-0.15, -0.1) is 11.8 Å². The molecule has 0 saturated heterocycles. The molecule has 1 rings (SSSR count). The van der Waals surface area contributed by atoms with Crippen molar-refractivity contribution >= 4 is 17.7 Å². The molecule has 0 radical (unpaired) electrons. The van der Waals surface area contributed by atoms with Crippen LogP contribution in [0.25, 0.3) is 0 Å². The van der Waals surface area contributed by atoms with E-state index in [1.54, 1.807) is 6.08 Å². The van der Waals surface area contributed by atoms with Crippen molar-refractivity contribution in [2.45, 2.75) is 25.9 Å².